The summed E-state index contributed by atoms with van der Waals surface area (Å²) < 4.78 is 0. The molecule has 5 radical (unpaired) electrons. The van der Waals surface area contributed by atoms with Crippen molar-refractivity contribution in [3.63, 3.8) is 0 Å². The van der Waals surface area contributed by atoms with E-state index in [2.05, 4.69) is 23.4 Å². The van der Waals surface area contributed by atoms with E-state index in [4.69, 9.17) is 14.1 Å². The minimum Gasteiger partial charge on any atom is -0.540 e. The second-order valence-corrected chi connectivity index (χ2v) is 5.29. The molecule has 0 rings (SSSR count). The SMILES string of the molecule is [CH2-]N.[CH]NC([C-]=O)CSSCC(N[CH])C(C)=O.[Y]. The van der Waals surface area contributed by atoms with E-state index in [1.165, 1.54) is 28.5 Å². The average molecular weight is 364 g/mol. The van der Waals surface area contributed by atoms with E-state index in [-0.39, 0.29) is 44.5 Å². The van der Waals surface area contributed by atoms with Gasteiger partial charge in [-0.2, -0.15) is 0 Å². The predicted octanol–water partition coefficient (Wildman–Crippen LogP) is 0.0543. The molecule has 0 aromatic rings. The van der Waals surface area contributed by atoms with Crippen molar-refractivity contribution in [1.82, 2.24) is 10.6 Å². The van der Waals surface area contributed by atoms with Crippen LogP contribution in [0.1, 0.15) is 6.92 Å². The molecule has 0 fully saturated rings. The van der Waals surface area contributed by atoms with Gasteiger partial charge >= 0.3 is 0 Å². The first-order chi connectivity index (χ1) is 8.15. The van der Waals surface area contributed by atoms with Crippen LogP contribution in [0.15, 0.2) is 0 Å². The number of carbonyl (C=O) groups excluding carboxylic acids is 2. The number of rotatable bonds is 9. The summed E-state index contributed by atoms with van der Waals surface area (Å²) in [4.78, 5) is 21.2. The van der Waals surface area contributed by atoms with Crippen LogP contribution in [0.2, 0.25) is 0 Å². The summed E-state index contributed by atoms with van der Waals surface area (Å²) >= 11 is 0. The predicted molar refractivity (Wildman–Crippen MR) is 73.3 cm³/mol. The first-order valence-corrected chi connectivity index (χ1v) is 7.10. The van der Waals surface area contributed by atoms with Gasteiger partial charge in [0, 0.05) is 52.6 Å². The Balaban J connectivity index is -0.000000709. The Morgan fingerprint density at radius 2 is 1.83 bits per heavy atom. The van der Waals surface area contributed by atoms with Crippen LogP contribution in [0.4, 0.5) is 0 Å². The van der Waals surface area contributed by atoms with Crippen molar-refractivity contribution in [2.45, 2.75) is 19.0 Å². The first-order valence-electron chi connectivity index (χ1n) is 4.61. The van der Waals surface area contributed by atoms with Gasteiger partial charge in [-0.15, -0.1) is 0 Å². The Kier molecular flexibility index (Phi) is 24.1. The zero-order valence-electron chi connectivity index (χ0n) is 10.2. The summed E-state index contributed by atoms with van der Waals surface area (Å²) in [6.07, 6.45) is 1.75. The van der Waals surface area contributed by atoms with E-state index in [1.54, 1.807) is 6.29 Å². The van der Waals surface area contributed by atoms with Crippen LogP contribution in [0, 0.1) is 21.1 Å². The molecule has 0 aromatic carbocycles. The molecule has 101 valence electrons. The van der Waals surface area contributed by atoms with Gasteiger partial charge in [-0.1, -0.05) is 27.6 Å². The third-order valence-corrected chi connectivity index (χ3v) is 4.01. The number of Topliss-reactive ketones (excluding diaryl/α,β-unsaturated/α-hetero) is 1. The molecule has 2 atom stereocenters. The summed E-state index contributed by atoms with van der Waals surface area (Å²) in [6, 6.07) is -0.837. The van der Waals surface area contributed by atoms with Gasteiger partial charge in [0.15, 0.2) is 0 Å². The van der Waals surface area contributed by atoms with Crippen molar-refractivity contribution in [2.24, 2.45) is 5.73 Å². The number of ketones is 1. The molecule has 0 aliphatic heterocycles. The van der Waals surface area contributed by atoms with E-state index in [0.717, 1.165) is 0 Å². The molecule has 0 heterocycles. The minimum atomic E-state index is -0.482. The topological polar surface area (TPSA) is 84.2 Å². The molecule has 0 spiro atoms. The van der Waals surface area contributed by atoms with Crippen LogP contribution in [0.3, 0.4) is 0 Å². The standard InChI is InChI=1S/C9H13N2O2S2.CH4N.Y/c1-7(13)9(11-3)6-15-14-5-8(4-12)10-2;1-2;/h2-3,8-11H,5-6H2,1H3;1-2H2;/q2*-1;. The number of nitrogens with one attached hydrogen (secondary N) is 2. The quantitative estimate of drug-likeness (QED) is 0.231. The maximum absolute atomic E-state index is 11.0. The number of hydrogen-bond donors (Lipinski definition) is 3. The molecule has 0 aliphatic rings. The monoisotopic (exact) mass is 364 g/mol. The fourth-order valence-electron chi connectivity index (χ4n) is 0.631. The second-order valence-electron chi connectivity index (χ2n) is 2.74. The average Bonchev–Trinajstić information content (AvgIpc) is 2.36. The van der Waals surface area contributed by atoms with Crippen LogP contribution < -0.4 is 16.4 Å². The molecule has 18 heavy (non-hydrogen) atoms. The zero-order chi connectivity index (χ0) is 13.7. The molecule has 0 saturated heterocycles. The van der Waals surface area contributed by atoms with Crippen LogP contribution >= 0.6 is 21.6 Å². The molecule has 0 bridgehead atoms. The normalized spacial score (nSPS) is 12.5. The Morgan fingerprint density at radius 1 is 1.33 bits per heavy atom. The van der Waals surface area contributed by atoms with Gasteiger partial charge in [0.25, 0.3) is 0 Å². The maximum Gasteiger partial charge on any atom is 0.147 e. The molecule has 2 unspecified atom stereocenters. The fraction of sp³-hybridized carbons (Fsp3) is 0.500. The second kappa shape index (κ2) is 18.0. The Bertz CT molecular complexity index is 212. The van der Waals surface area contributed by atoms with Gasteiger partial charge in [0.05, 0.1) is 6.04 Å². The van der Waals surface area contributed by atoms with Gasteiger partial charge in [0.1, 0.15) is 5.78 Å². The first kappa shape index (κ1) is 24.1. The molecule has 0 saturated carbocycles. The van der Waals surface area contributed by atoms with Crippen molar-refractivity contribution in [2.75, 3.05) is 11.5 Å². The molecule has 8 heteroatoms. The van der Waals surface area contributed by atoms with Gasteiger partial charge < -0.3 is 21.2 Å². The summed E-state index contributed by atoms with van der Waals surface area (Å²) in [7, 11) is 15.9. The van der Waals surface area contributed by atoms with E-state index < -0.39 is 6.04 Å². The van der Waals surface area contributed by atoms with Crippen molar-refractivity contribution in [1.29, 1.82) is 0 Å². The smallest absolute Gasteiger partial charge is 0.147 e. The molecule has 0 aliphatic carbocycles. The van der Waals surface area contributed by atoms with E-state index in [1.807, 2.05) is 0 Å². The van der Waals surface area contributed by atoms with Gasteiger partial charge in [-0.3, -0.25) is 11.8 Å². The van der Waals surface area contributed by atoms with Crippen LogP contribution in [0.25, 0.3) is 0 Å². The maximum atomic E-state index is 11.0. The van der Waals surface area contributed by atoms with Gasteiger partial charge in [0.2, 0.25) is 0 Å². The molecule has 5 nitrogen and oxygen atoms in total. The van der Waals surface area contributed by atoms with Crippen molar-refractivity contribution >= 4 is 33.7 Å². The number of carbonyl (C=O) groups is 1. The Labute approximate surface area is 143 Å². The van der Waals surface area contributed by atoms with Crippen molar-refractivity contribution < 1.29 is 42.3 Å². The van der Waals surface area contributed by atoms with E-state index in [0.29, 0.717) is 11.5 Å². The summed E-state index contributed by atoms with van der Waals surface area (Å²) in [6.45, 7) is 1.47. The Hall–Kier alpha value is 1.02. The minimum absolute atomic E-state index is 0. The molecule has 4 N–H and O–H groups in total. The third kappa shape index (κ3) is 13.5. The van der Waals surface area contributed by atoms with Crippen LogP contribution in [-0.2, 0) is 42.3 Å². The van der Waals surface area contributed by atoms with Gasteiger partial charge in [-0.25, -0.2) is 6.29 Å². The van der Waals surface area contributed by atoms with Crippen molar-refractivity contribution in [3.05, 3.63) is 21.1 Å². The Morgan fingerprint density at radius 3 is 2.17 bits per heavy atom. The molecular weight excluding hydrogens is 347 g/mol. The number of nitrogens with two attached hydrogens (primary N) is 1. The number of hydrogen-bond acceptors (Lipinski definition) is 7. The zero-order valence-corrected chi connectivity index (χ0v) is 14.7. The third-order valence-electron chi connectivity index (χ3n) is 1.59. The van der Waals surface area contributed by atoms with Crippen molar-refractivity contribution in [3.8, 4) is 0 Å². The van der Waals surface area contributed by atoms with E-state index in [9.17, 15) is 9.59 Å². The summed E-state index contributed by atoms with van der Waals surface area (Å²) in [5, 5.41) is 4.73. The molecule has 0 aromatic heterocycles. The van der Waals surface area contributed by atoms with Crippen LogP contribution in [-0.4, -0.2) is 35.7 Å². The fourth-order valence-corrected chi connectivity index (χ4v) is 2.98. The molecule has 0 amide bonds. The summed E-state index contributed by atoms with van der Waals surface area (Å²) in [5.41, 5.74) is 4.25. The van der Waals surface area contributed by atoms with E-state index >= 15 is 0 Å². The largest absolute Gasteiger partial charge is 0.540 e. The van der Waals surface area contributed by atoms with Crippen LogP contribution in [0.5, 0.6) is 0 Å². The molecular formula is C10H17N3O2S2Y-2. The van der Waals surface area contributed by atoms with Gasteiger partial charge in [-0.05, 0) is 12.7 Å². The summed E-state index contributed by atoms with van der Waals surface area (Å²) in [5.74, 6) is 1.04.